The number of alkyl halides is 3. The molecule has 4 aromatic rings. The third-order valence-electron chi connectivity index (χ3n) is 4.89. The van der Waals surface area contributed by atoms with Crippen LogP contribution in [0.3, 0.4) is 0 Å². The number of hydrogen-bond donors (Lipinski definition) is 2. The van der Waals surface area contributed by atoms with Gasteiger partial charge in [-0.1, -0.05) is 41.6 Å². The Kier molecular flexibility index (Phi) is 6.10. The largest absolute Gasteiger partial charge is 0.497 e. The molecule has 0 saturated heterocycles. The second kappa shape index (κ2) is 8.99. The first-order valence-electron chi connectivity index (χ1n) is 9.70. The Labute approximate surface area is 190 Å². The second-order valence-corrected chi connectivity index (χ2v) is 7.56. The van der Waals surface area contributed by atoms with Crippen molar-refractivity contribution < 1.29 is 18.0 Å². The SMILES string of the molecule is COc1ccc(CNc2c(NCc3ccc(-c4noc(C(F)(F)Cl)n4)cc3)c(=O)c2=O)cc1. The number of aromatic nitrogens is 2. The lowest BCUT2D eigenvalue weighted by Crippen LogP contribution is -2.37. The summed E-state index contributed by atoms with van der Waals surface area (Å²) in [7, 11) is 1.58. The smallest absolute Gasteiger partial charge is 0.400 e. The van der Waals surface area contributed by atoms with E-state index in [9.17, 15) is 18.4 Å². The van der Waals surface area contributed by atoms with Crippen LogP contribution in [0.25, 0.3) is 11.4 Å². The first-order chi connectivity index (χ1) is 15.8. The molecule has 0 radical (unpaired) electrons. The van der Waals surface area contributed by atoms with Gasteiger partial charge in [0.05, 0.1) is 7.11 Å². The molecule has 11 heteroatoms. The zero-order valence-electron chi connectivity index (χ0n) is 17.2. The fraction of sp³-hybridized carbons (Fsp3) is 0.182. The molecule has 1 heterocycles. The van der Waals surface area contributed by atoms with E-state index in [4.69, 9.17) is 16.3 Å². The number of methoxy groups -OCH3 is 1. The highest BCUT2D eigenvalue weighted by Gasteiger charge is 2.35. The highest BCUT2D eigenvalue weighted by atomic mass is 35.5. The van der Waals surface area contributed by atoms with Gasteiger partial charge in [-0.15, -0.1) is 0 Å². The van der Waals surface area contributed by atoms with Crippen LogP contribution >= 0.6 is 11.6 Å². The van der Waals surface area contributed by atoms with Crippen molar-refractivity contribution in [2.75, 3.05) is 17.7 Å². The van der Waals surface area contributed by atoms with Gasteiger partial charge in [0.15, 0.2) is 0 Å². The number of nitrogens with zero attached hydrogens (tertiary/aromatic N) is 2. The average molecular weight is 475 g/mol. The van der Waals surface area contributed by atoms with Crippen molar-refractivity contribution >= 4 is 23.0 Å². The zero-order valence-corrected chi connectivity index (χ0v) is 18.0. The third-order valence-corrected chi connectivity index (χ3v) is 5.05. The third kappa shape index (κ3) is 4.85. The van der Waals surface area contributed by atoms with E-state index in [1.54, 1.807) is 43.5 Å². The predicted octanol–water partition coefficient (Wildman–Crippen LogP) is 3.85. The van der Waals surface area contributed by atoms with Gasteiger partial charge in [0.2, 0.25) is 5.82 Å². The van der Waals surface area contributed by atoms with Gasteiger partial charge in [-0.05, 0) is 34.9 Å². The van der Waals surface area contributed by atoms with Crippen molar-refractivity contribution in [3.63, 3.8) is 0 Å². The fourth-order valence-corrected chi connectivity index (χ4v) is 3.16. The lowest BCUT2D eigenvalue weighted by atomic mass is 10.1. The minimum absolute atomic E-state index is 0.0303. The van der Waals surface area contributed by atoms with Gasteiger partial charge in [-0.25, -0.2) is 0 Å². The molecule has 2 N–H and O–H groups in total. The predicted molar refractivity (Wildman–Crippen MR) is 118 cm³/mol. The van der Waals surface area contributed by atoms with E-state index in [-0.39, 0.29) is 23.7 Å². The summed E-state index contributed by atoms with van der Waals surface area (Å²) in [5, 5.41) is 5.71. The van der Waals surface area contributed by atoms with Gasteiger partial charge in [0.25, 0.3) is 10.9 Å². The van der Waals surface area contributed by atoms with Crippen molar-refractivity contribution in [2.45, 2.75) is 18.5 Å². The molecular weight excluding hydrogens is 458 g/mol. The molecule has 0 bridgehead atoms. The van der Waals surface area contributed by atoms with Gasteiger partial charge < -0.3 is 19.9 Å². The van der Waals surface area contributed by atoms with Crippen molar-refractivity contribution in [2.24, 2.45) is 0 Å². The van der Waals surface area contributed by atoms with Gasteiger partial charge in [-0.2, -0.15) is 13.8 Å². The summed E-state index contributed by atoms with van der Waals surface area (Å²) in [6.07, 6.45) is 0. The lowest BCUT2D eigenvalue weighted by molar-refractivity contribution is 0.0551. The van der Waals surface area contributed by atoms with Crippen molar-refractivity contribution in [3.05, 3.63) is 86.0 Å². The van der Waals surface area contributed by atoms with Gasteiger partial charge in [0, 0.05) is 18.7 Å². The summed E-state index contributed by atoms with van der Waals surface area (Å²) in [4.78, 5) is 27.5. The lowest BCUT2D eigenvalue weighted by Gasteiger charge is -2.15. The van der Waals surface area contributed by atoms with Crippen LogP contribution in [0.5, 0.6) is 5.75 Å². The summed E-state index contributed by atoms with van der Waals surface area (Å²) in [6, 6.07) is 13.9. The van der Waals surface area contributed by atoms with Crippen LogP contribution in [-0.2, 0) is 18.5 Å². The van der Waals surface area contributed by atoms with Crippen LogP contribution in [0.1, 0.15) is 17.0 Å². The standard InChI is InChI=1S/C22H17ClF2N4O4/c1-32-15-8-4-13(5-9-15)11-27-17-16(18(30)19(17)31)26-10-12-2-6-14(7-3-12)20-28-21(33-29-20)22(23,24)25/h2-9,26-27H,10-11H2,1H3. The molecule has 0 amide bonds. The molecule has 4 rings (SSSR count). The van der Waals surface area contributed by atoms with E-state index in [1.807, 2.05) is 12.1 Å². The van der Waals surface area contributed by atoms with E-state index < -0.39 is 22.1 Å². The second-order valence-electron chi connectivity index (χ2n) is 7.08. The molecule has 0 aliphatic carbocycles. The normalized spacial score (nSPS) is 11.5. The van der Waals surface area contributed by atoms with Crippen LogP contribution in [-0.4, -0.2) is 17.3 Å². The number of rotatable bonds is 9. The number of hydrogen-bond acceptors (Lipinski definition) is 8. The molecule has 3 aromatic carbocycles. The van der Waals surface area contributed by atoms with E-state index >= 15 is 0 Å². The van der Waals surface area contributed by atoms with E-state index in [2.05, 4.69) is 25.3 Å². The molecule has 0 unspecified atom stereocenters. The molecule has 0 aliphatic heterocycles. The van der Waals surface area contributed by atoms with Crippen LogP contribution in [0.2, 0.25) is 0 Å². The van der Waals surface area contributed by atoms with E-state index in [1.165, 1.54) is 0 Å². The Bertz CT molecular complexity index is 1320. The number of anilines is 2. The molecule has 1 aromatic heterocycles. The quantitative estimate of drug-likeness (QED) is 0.278. The Morgan fingerprint density at radius 3 is 1.91 bits per heavy atom. The van der Waals surface area contributed by atoms with E-state index in [0.29, 0.717) is 12.1 Å². The number of nitrogens with one attached hydrogen (secondary N) is 2. The molecular formula is C22H17ClF2N4O4. The molecule has 0 fully saturated rings. The highest BCUT2D eigenvalue weighted by molar-refractivity contribution is 6.21. The van der Waals surface area contributed by atoms with Crippen LogP contribution < -0.4 is 26.2 Å². The van der Waals surface area contributed by atoms with Crippen molar-refractivity contribution in [1.29, 1.82) is 0 Å². The average Bonchev–Trinajstić information content (AvgIpc) is 3.32. The van der Waals surface area contributed by atoms with Crippen LogP contribution in [0, 0.1) is 0 Å². The minimum atomic E-state index is -3.74. The van der Waals surface area contributed by atoms with Crippen molar-refractivity contribution in [3.8, 4) is 17.1 Å². The van der Waals surface area contributed by atoms with Crippen LogP contribution in [0.15, 0.2) is 62.6 Å². The first kappa shape index (κ1) is 22.4. The maximum Gasteiger partial charge on any atom is 0.400 e. The Morgan fingerprint density at radius 1 is 0.939 bits per heavy atom. The summed E-state index contributed by atoms with van der Waals surface area (Å²) < 4.78 is 35.6. The summed E-state index contributed by atoms with van der Waals surface area (Å²) in [5.41, 5.74) is 1.42. The summed E-state index contributed by atoms with van der Waals surface area (Å²) in [6.45, 7) is 0.631. The molecule has 33 heavy (non-hydrogen) atoms. The summed E-state index contributed by atoms with van der Waals surface area (Å²) in [5.74, 6) is -0.296. The maximum atomic E-state index is 13.0. The Morgan fingerprint density at radius 2 is 1.45 bits per heavy atom. The number of benzene rings is 2. The van der Waals surface area contributed by atoms with Crippen molar-refractivity contribution in [1.82, 2.24) is 10.1 Å². The summed E-state index contributed by atoms with van der Waals surface area (Å²) >= 11 is 4.87. The number of halogens is 3. The van der Waals surface area contributed by atoms with Gasteiger partial charge >= 0.3 is 11.3 Å². The monoisotopic (exact) mass is 474 g/mol. The van der Waals surface area contributed by atoms with Crippen LogP contribution in [0.4, 0.5) is 20.2 Å². The maximum absolute atomic E-state index is 13.0. The zero-order chi connectivity index (χ0) is 23.6. The van der Waals surface area contributed by atoms with Gasteiger partial charge in [-0.3, -0.25) is 9.59 Å². The Hall–Kier alpha value is -3.79. The Balaban J connectivity index is 1.38. The molecule has 0 saturated carbocycles. The fourth-order valence-electron chi connectivity index (χ4n) is 3.08. The first-order valence-corrected chi connectivity index (χ1v) is 10.1. The molecule has 0 atom stereocenters. The minimum Gasteiger partial charge on any atom is -0.497 e. The topological polar surface area (TPSA) is 106 Å². The van der Waals surface area contributed by atoms with E-state index in [0.717, 1.165) is 16.9 Å². The number of ether oxygens (including phenoxy) is 1. The molecule has 170 valence electrons. The molecule has 8 nitrogen and oxygen atoms in total. The van der Waals surface area contributed by atoms with Gasteiger partial charge in [0.1, 0.15) is 17.1 Å². The molecule has 0 aliphatic rings. The molecule has 0 spiro atoms. The highest BCUT2D eigenvalue weighted by Crippen LogP contribution is 2.32.